The smallest absolute Gasteiger partial charge is 0.266 e. The molecule has 0 aliphatic heterocycles. The second kappa shape index (κ2) is 7.35. The largest absolute Gasteiger partial charge is 0.474 e. The molecule has 2 nitrogen and oxygen atoms in total. The van der Waals surface area contributed by atoms with Crippen LogP contribution in [0.3, 0.4) is 0 Å². The topological polar surface area (TPSA) is 21.6 Å². The summed E-state index contributed by atoms with van der Waals surface area (Å²) < 4.78 is 5.16. The highest BCUT2D eigenvalue weighted by molar-refractivity contribution is 9.10. The molecule has 20 heavy (non-hydrogen) atoms. The van der Waals surface area contributed by atoms with Gasteiger partial charge in [-0.2, -0.15) is 0 Å². The number of benzene rings is 1. The highest BCUT2D eigenvalue weighted by Crippen LogP contribution is 2.33. The third kappa shape index (κ3) is 5.10. The van der Waals surface area contributed by atoms with Gasteiger partial charge in [0, 0.05) is 4.47 Å². The molecule has 1 aliphatic carbocycles. The maximum atomic E-state index is 5.97. The minimum absolute atomic E-state index is 0.0913. The molecule has 0 radical (unpaired) electrons. The predicted octanol–water partition coefficient (Wildman–Crippen LogP) is 6.20. The lowest BCUT2D eigenvalue weighted by Crippen LogP contribution is -2.29. The van der Waals surface area contributed by atoms with E-state index in [1.165, 1.54) is 6.42 Å². The molecule has 2 rings (SSSR count). The first-order valence-electron chi connectivity index (χ1n) is 6.53. The summed E-state index contributed by atoms with van der Waals surface area (Å²) in [5, 5.41) is 0. The predicted molar refractivity (Wildman–Crippen MR) is 89.5 cm³/mol. The van der Waals surface area contributed by atoms with Gasteiger partial charge in [-0.05, 0) is 49.9 Å². The van der Waals surface area contributed by atoms with Crippen molar-refractivity contribution in [3.8, 4) is 0 Å². The van der Waals surface area contributed by atoms with E-state index < -0.39 is 3.79 Å². The number of ether oxygens (including phenoxy) is 1. The Kier molecular flexibility index (Phi) is 6.03. The number of hydrogen-bond acceptors (Lipinski definition) is 2. The fourth-order valence-electron chi connectivity index (χ4n) is 2.13. The first-order valence-corrected chi connectivity index (χ1v) is 8.46. The van der Waals surface area contributed by atoms with Gasteiger partial charge in [-0.25, -0.2) is 4.99 Å². The normalized spacial score (nSPS) is 18.1. The van der Waals surface area contributed by atoms with E-state index >= 15 is 0 Å². The van der Waals surface area contributed by atoms with Crippen LogP contribution in [0.1, 0.15) is 32.1 Å². The SMILES string of the molecule is ClC(Cl)(Cl)C(=Nc1ccc(Br)cc1)OC1CCCCC1. The molecule has 110 valence electrons. The molecule has 0 unspecified atom stereocenters. The molecule has 6 heteroatoms. The van der Waals surface area contributed by atoms with Gasteiger partial charge in [-0.1, -0.05) is 57.2 Å². The molecule has 0 heterocycles. The van der Waals surface area contributed by atoms with Gasteiger partial charge in [0.1, 0.15) is 6.10 Å². The third-order valence-corrected chi connectivity index (χ3v) is 4.14. The Labute approximate surface area is 142 Å². The van der Waals surface area contributed by atoms with Crippen molar-refractivity contribution in [3.63, 3.8) is 0 Å². The first kappa shape index (κ1) is 16.4. The number of alkyl halides is 3. The van der Waals surface area contributed by atoms with Gasteiger partial charge < -0.3 is 4.74 Å². The molecule has 1 aliphatic rings. The number of hydrogen-bond donors (Lipinski definition) is 0. The Morgan fingerprint density at radius 3 is 2.25 bits per heavy atom. The monoisotopic (exact) mass is 397 g/mol. The van der Waals surface area contributed by atoms with E-state index in [1.54, 1.807) is 0 Å². The molecule has 0 spiro atoms. The molecule has 1 aromatic carbocycles. The zero-order chi connectivity index (χ0) is 14.6. The molecule has 0 N–H and O–H groups in total. The van der Waals surface area contributed by atoms with Gasteiger partial charge >= 0.3 is 0 Å². The van der Waals surface area contributed by atoms with Gasteiger partial charge in [-0.15, -0.1) is 0 Å². The van der Waals surface area contributed by atoms with Crippen LogP contribution in [0.15, 0.2) is 33.7 Å². The fraction of sp³-hybridized carbons (Fsp3) is 0.500. The van der Waals surface area contributed by atoms with Crippen molar-refractivity contribution in [1.82, 2.24) is 0 Å². The summed E-state index contributed by atoms with van der Waals surface area (Å²) in [7, 11) is 0. The minimum Gasteiger partial charge on any atom is -0.474 e. The van der Waals surface area contributed by atoms with Crippen molar-refractivity contribution in [1.29, 1.82) is 0 Å². The molecule has 0 atom stereocenters. The van der Waals surface area contributed by atoms with E-state index in [4.69, 9.17) is 39.5 Å². The molecule has 1 fully saturated rings. The first-order chi connectivity index (χ1) is 9.45. The van der Waals surface area contributed by atoms with E-state index in [1.807, 2.05) is 24.3 Å². The Morgan fingerprint density at radius 2 is 1.70 bits per heavy atom. The average Bonchev–Trinajstić information content (AvgIpc) is 2.40. The summed E-state index contributed by atoms with van der Waals surface area (Å²) in [6.07, 6.45) is 5.60. The van der Waals surface area contributed by atoms with Gasteiger partial charge in [0.2, 0.25) is 5.90 Å². The molecule has 0 bridgehead atoms. The summed E-state index contributed by atoms with van der Waals surface area (Å²) in [6.45, 7) is 0. The second-order valence-electron chi connectivity index (χ2n) is 4.77. The van der Waals surface area contributed by atoms with E-state index in [9.17, 15) is 0 Å². The van der Waals surface area contributed by atoms with Crippen LogP contribution in [0, 0.1) is 0 Å². The Balaban J connectivity index is 2.16. The van der Waals surface area contributed by atoms with Crippen molar-refractivity contribution in [3.05, 3.63) is 28.7 Å². The minimum atomic E-state index is -1.65. The maximum absolute atomic E-state index is 5.97. The molecule has 1 saturated carbocycles. The Bertz CT molecular complexity index is 464. The zero-order valence-electron chi connectivity index (χ0n) is 10.8. The maximum Gasteiger partial charge on any atom is 0.266 e. The van der Waals surface area contributed by atoms with Crippen molar-refractivity contribution in [2.75, 3.05) is 0 Å². The van der Waals surface area contributed by atoms with Crippen LogP contribution in [-0.2, 0) is 4.74 Å². The quantitative estimate of drug-likeness (QED) is 0.330. The molecule has 0 amide bonds. The van der Waals surface area contributed by atoms with Crippen LogP contribution in [0.4, 0.5) is 5.69 Å². The van der Waals surface area contributed by atoms with Gasteiger partial charge in [0.05, 0.1) is 5.69 Å². The van der Waals surface area contributed by atoms with Crippen LogP contribution < -0.4 is 0 Å². The molecular weight excluding hydrogens is 384 g/mol. The lowest BCUT2D eigenvalue weighted by Gasteiger charge is -2.26. The average molecular weight is 400 g/mol. The zero-order valence-corrected chi connectivity index (χ0v) is 14.6. The summed E-state index contributed by atoms with van der Waals surface area (Å²) in [5.41, 5.74) is 0.699. The van der Waals surface area contributed by atoms with Crippen LogP contribution in [0.25, 0.3) is 0 Å². The fourth-order valence-corrected chi connectivity index (χ4v) is 2.66. The Morgan fingerprint density at radius 1 is 1.10 bits per heavy atom. The lowest BCUT2D eigenvalue weighted by atomic mass is 9.98. The highest BCUT2D eigenvalue weighted by Gasteiger charge is 2.32. The van der Waals surface area contributed by atoms with Crippen LogP contribution in [-0.4, -0.2) is 15.8 Å². The highest BCUT2D eigenvalue weighted by atomic mass is 79.9. The van der Waals surface area contributed by atoms with Crippen molar-refractivity contribution >= 4 is 62.3 Å². The number of aliphatic imine (C=N–C) groups is 1. The van der Waals surface area contributed by atoms with E-state index in [0.717, 1.165) is 30.2 Å². The lowest BCUT2D eigenvalue weighted by molar-refractivity contribution is 0.140. The third-order valence-electron chi connectivity index (χ3n) is 3.13. The molecule has 1 aromatic rings. The van der Waals surface area contributed by atoms with Crippen molar-refractivity contribution in [2.45, 2.75) is 42.0 Å². The van der Waals surface area contributed by atoms with Gasteiger partial charge in [0.25, 0.3) is 3.79 Å². The van der Waals surface area contributed by atoms with Crippen LogP contribution in [0.2, 0.25) is 0 Å². The summed E-state index contributed by atoms with van der Waals surface area (Å²) in [4.78, 5) is 4.34. The number of nitrogens with zero attached hydrogens (tertiary/aromatic N) is 1. The number of halogens is 4. The standard InChI is InChI=1S/C14H15BrCl3NO/c15-10-6-8-11(9-7-10)19-13(14(16,17)18)20-12-4-2-1-3-5-12/h6-9,12H,1-5H2. The van der Waals surface area contributed by atoms with E-state index in [-0.39, 0.29) is 12.0 Å². The van der Waals surface area contributed by atoms with E-state index in [0.29, 0.717) is 5.69 Å². The van der Waals surface area contributed by atoms with Crippen molar-refractivity contribution in [2.24, 2.45) is 4.99 Å². The van der Waals surface area contributed by atoms with Crippen molar-refractivity contribution < 1.29 is 4.74 Å². The summed E-state index contributed by atoms with van der Waals surface area (Å²) in [5.74, 6) is 0.150. The van der Waals surface area contributed by atoms with Gasteiger partial charge in [-0.3, -0.25) is 0 Å². The second-order valence-corrected chi connectivity index (χ2v) is 7.97. The molecule has 0 saturated heterocycles. The molecule has 0 aromatic heterocycles. The van der Waals surface area contributed by atoms with E-state index in [2.05, 4.69) is 20.9 Å². The summed E-state index contributed by atoms with van der Waals surface area (Å²) >= 11 is 21.3. The van der Waals surface area contributed by atoms with Gasteiger partial charge in [0.15, 0.2) is 0 Å². The summed E-state index contributed by atoms with van der Waals surface area (Å²) in [6, 6.07) is 7.44. The van der Waals surface area contributed by atoms with Crippen LogP contribution >= 0.6 is 50.7 Å². The van der Waals surface area contributed by atoms with Crippen LogP contribution in [0.5, 0.6) is 0 Å². The number of rotatable bonds is 2. The Hall–Kier alpha value is 0.0400. The molecular formula is C14H15BrCl3NO.